The first-order valence-electron chi connectivity index (χ1n) is 9.23. The quantitative estimate of drug-likeness (QED) is 0.824. The minimum atomic E-state index is -0.510. The van der Waals surface area contributed by atoms with Gasteiger partial charge in [-0.3, -0.25) is 4.90 Å². The van der Waals surface area contributed by atoms with Crippen LogP contribution in [0.4, 0.5) is 11.6 Å². The molecule has 2 heterocycles. The highest BCUT2D eigenvalue weighted by Crippen LogP contribution is 2.18. The fraction of sp³-hybridized carbons (Fsp3) is 0.579. The summed E-state index contributed by atoms with van der Waals surface area (Å²) in [5.41, 5.74) is 0.984. The van der Waals surface area contributed by atoms with Gasteiger partial charge in [-0.15, -0.1) is 0 Å². The number of hydrogen-bond acceptors (Lipinski definition) is 6. The van der Waals surface area contributed by atoms with Crippen molar-refractivity contribution in [2.45, 2.75) is 38.8 Å². The molecule has 3 rings (SSSR count). The molecule has 1 aromatic rings. The fourth-order valence-electron chi connectivity index (χ4n) is 3.28. The van der Waals surface area contributed by atoms with E-state index in [9.17, 15) is 5.11 Å². The number of rotatable bonds is 6. The summed E-state index contributed by atoms with van der Waals surface area (Å²) in [6, 6.07) is 2.57. The lowest BCUT2D eigenvalue weighted by Gasteiger charge is -2.37. The Morgan fingerprint density at radius 3 is 2.64 bits per heavy atom. The molecule has 0 bridgehead atoms. The molecule has 1 aromatic heterocycles. The number of aliphatic hydroxyl groups excluding tert-OH is 1. The van der Waals surface area contributed by atoms with Gasteiger partial charge in [0, 0.05) is 44.8 Å². The Hall–Kier alpha value is -1.92. The largest absolute Gasteiger partial charge is 0.387 e. The molecule has 0 spiro atoms. The summed E-state index contributed by atoms with van der Waals surface area (Å²) >= 11 is 0. The Balaban J connectivity index is 1.55. The average Bonchev–Trinajstić information content (AvgIpc) is 2.67. The molecule has 0 amide bonds. The number of allylic oxidation sites excluding steroid dienone is 2. The Morgan fingerprint density at radius 1 is 1.16 bits per heavy atom. The summed E-state index contributed by atoms with van der Waals surface area (Å²) in [5, 5.41) is 13.5. The van der Waals surface area contributed by atoms with Gasteiger partial charge in [-0.25, -0.2) is 9.97 Å². The Bertz CT molecular complexity index is 620. The van der Waals surface area contributed by atoms with E-state index in [0.717, 1.165) is 56.2 Å². The van der Waals surface area contributed by atoms with Gasteiger partial charge in [0.25, 0.3) is 0 Å². The maximum absolute atomic E-state index is 10.3. The van der Waals surface area contributed by atoms with Crippen molar-refractivity contribution in [3.05, 3.63) is 36.2 Å². The molecule has 136 valence electrons. The van der Waals surface area contributed by atoms with E-state index in [-0.39, 0.29) is 0 Å². The van der Waals surface area contributed by atoms with Gasteiger partial charge in [-0.1, -0.05) is 18.2 Å². The van der Waals surface area contributed by atoms with Crippen LogP contribution in [0.2, 0.25) is 0 Å². The van der Waals surface area contributed by atoms with Crippen molar-refractivity contribution >= 4 is 11.6 Å². The van der Waals surface area contributed by atoms with E-state index in [4.69, 9.17) is 0 Å². The van der Waals surface area contributed by atoms with Crippen molar-refractivity contribution in [3.8, 4) is 0 Å². The molecule has 1 atom stereocenters. The number of aliphatic hydroxyl groups is 1. The van der Waals surface area contributed by atoms with E-state index in [1.165, 1.54) is 0 Å². The topological polar surface area (TPSA) is 64.5 Å². The lowest BCUT2D eigenvalue weighted by Crippen LogP contribution is -2.49. The molecule has 6 nitrogen and oxygen atoms in total. The molecule has 0 saturated carbocycles. The zero-order valence-electron chi connectivity index (χ0n) is 15.2. The summed E-state index contributed by atoms with van der Waals surface area (Å²) in [5.74, 6) is 1.71. The molecule has 2 aliphatic rings. The minimum Gasteiger partial charge on any atom is -0.387 e. The molecule has 1 unspecified atom stereocenters. The molecule has 1 saturated heterocycles. The maximum atomic E-state index is 10.3. The van der Waals surface area contributed by atoms with Crippen molar-refractivity contribution in [2.75, 3.05) is 42.9 Å². The van der Waals surface area contributed by atoms with Crippen molar-refractivity contribution in [1.29, 1.82) is 0 Å². The zero-order chi connectivity index (χ0) is 17.6. The van der Waals surface area contributed by atoms with Gasteiger partial charge in [0.2, 0.25) is 0 Å². The van der Waals surface area contributed by atoms with Gasteiger partial charge in [0.05, 0.1) is 6.10 Å². The smallest absolute Gasteiger partial charge is 0.134 e. The van der Waals surface area contributed by atoms with E-state index in [2.05, 4.69) is 51.1 Å². The van der Waals surface area contributed by atoms with E-state index < -0.39 is 6.10 Å². The summed E-state index contributed by atoms with van der Waals surface area (Å²) in [6.45, 7) is 9.01. The summed E-state index contributed by atoms with van der Waals surface area (Å²) in [6.07, 6.45) is 9.37. The second kappa shape index (κ2) is 8.45. The number of aromatic nitrogens is 2. The molecular formula is C19H29N5O. The van der Waals surface area contributed by atoms with Crippen molar-refractivity contribution in [3.63, 3.8) is 0 Å². The van der Waals surface area contributed by atoms with Crippen LogP contribution in [-0.2, 0) is 0 Å². The molecule has 0 aromatic carbocycles. The number of nitrogens with zero attached hydrogens (tertiary/aromatic N) is 4. The molecule has 1 aliphatic heterocycles. The first kappa shape index (κ1) is 17.9. The van der Waals surface area contributed by atoms with Gasteiger partial charge in [-0.2, -0.15) is 0 Å². The van der Waals surface area contributed by atoms with E-state index in [1.54, 1.807) is 6.33 Å². The van der Waals surface area contributed by atoms with Crippen molar-refractivity contribution in [1.82, 2.24) is 14.9 Å². The second-order valence-electron chi connectivity index (χ2n) is 6.96. The number of nitrogens with one attached hydrogen (secondary N) is 1. The maximum Gasteiger partial charge on any atom is 0.134 e. The third-order valence-electron chi connectivity index (χ3n) is 4.91. The highest BCUT2D eigenvalue weighted by molar-refractivity contribution is 5.49. The van der Waals surface area contributed by atoms with Crippen LogP contribution in [0.15, 0.2) is 36.2 Å². The van der Waals surface area contributed by atoms with Crippen LogP contribution in [0.3, 0.4) is 0 Å². The van der Waals surface area contributed by atoms with E-state index in [0.29, 0.717) is 12.6 Å². The summed E-state index contributed by atoms with van der Waals surface area (Å²) in [4.78, 5) is 13.5. The summed E-state index contributed by atoms with van der Waals surface area (Å²) < 4.78 is 0. The van der Waals surface area contributed by atoms with Crippen LogP contribution in [0.25, 0.3) is 0 Å². The van der Waals surface area contributed by atoms with E-state index >= 15 is 0 Å². The normalized spacial score (nSPS) is 19.8. The molecule has 1 aliphatic carbocycles. The SMILES string of the molecule is CC(C)N1CCN(c2cc(NCC(O)C3=CCCC=C3)ncn2)CC1. The Kier molecular flexibility index (Phi) is 6.04. The van der Waals surface area contributed by atoms with Gasteiger partial charge < -0.3 is 15.3 Å². The van der Waals surface area contributed by atoms with Crippen LogP contribution < -0.4 is 10.2 Å². The van der Waals surface area contributed by atoms with Gasteiger partial charge in [0.1, 0.15) is 18.0 Å². The number of hydrogen-bond donors (Lipinski definition) is 2. The molecular weight excluding hydrogens is 314 g/mol. The molecule has 1 fully saturated rings. The highest BCUT2D eigenvalue weighted by atomic mass is 16.3. The molecule has 0 radical (unpaired) electrons. The lowest BCUT2D eigenvalue weighted by atomic mass is 10.0. The molecule has 25 heavy (non-hydrogen) atoms. The first-order chi connectivity index (χ1) is 12.1. The third kappa shape index (κ3) is 4.80. The van der Waals surface area contributed by atoms with E-state index in [1.807, 2.05) is 12.1 Å². The second-order valence-corrected chi connectivity index (χ2v) is 6.96. The molecule has 2 N–H and O–H groups in total. The Morgan fingerprint density at radius 2 is 1.96 bits per heavy atom. The third-order valence-corrected chi connectivity index (χ3v) is 4.91. The molecule has 6 heteroatoms. The zero-order valence-corrected chi connectivity index (χ0v) is 15.2. The van der Waals surface area contributed by atoms with Crippen LogP contribution in [0.1, 0.15) is 26.7 Å². The monoisotopic (exact) mass is 343 g/mol. The number of piperazine rings is 1. The standard InChI is InChI=1S/C19H29N5O/c1-15(2)23-8-10-24(11-9-23)19-12-18(21-14-22-19)20-13-17(25)16-6-4-3-5-7-16/h4,6-7,12,14-15,17,25H,3,5,8-11,13H2,1-2H3,(H,20,21,22). The van der Waals surface area contributed by atoms with Crippen LogP contribution in [0, 0.1) is 0 Å². The minimum absolute atomic E-state index is 0.452. The number of anilines is 2. The van der Waals surface area contributed by atoms with Gasteiger partial charge in [-0.05, 0) is 32.3 Å². The van der Waals surface area contributed by atoms with Crippen LogP contribution >= 0.6 is 0 Å². The predicted octanol–water partition coefficient (Wildman–Crippen LogP) is 2.06. The Labute approximate surface area is 150 Å². The van der Waals surface area contributed by atoms with Crippen molar-refractivity contribution in [2.24, 2.45) is 0 Å². The predicted molar refractivity (Wildman–Crippen MR) is 102 cm³/mol. The van der Waals surface area contributed by atoms with Crippen molar-refractivity contribution < 1.29 is 5.11 Å². The van der Waals surface area contributed by atoms with Crippen LogP contribution in [0.5, 0.6) is 0 Å². The van der Waals surface area contributed by atoms with Gasteiger partial charge >= 0.3 is 0 Å². The van der Waals surface area contributed by atoms with Gasteiger partial charge in [0.15, 0.2) is 0 Å². The van der Waals surface area contributed by atoms with Crippen LogP contribution in [-0.4, -0.2) is 64.8 Å². The summed E-state index contributed by atoms with van der Waals surface area (Å²) in [7, 11) is 0. The lowest BCUT2D eigenvalue weighted by molar-refractivity contribution is 0.209. The first-order valence-corrected chi connectivity index (χ1v) is 9.23. The fourth-order valence-corrected chi connectivity index (χ4v) is 3.28. The average molecular weight is 343 g/mol. The highest BCUT2D eigenvalue weighted by Gasteiger charge is 2.20.